The molecule has 0 aliphatic carbocycles. The summed E-state index contributed by atoms with van der Waals surface area (Å²) in [4.78, 5) is 24.1. The van der Waals surface area contributed by atoms with Crippen molar-refractivity contribution in [2.24, 2.45) is 5.92 Å². The minimum atomic E-state index is -0.630. The van der Waals surface area contributed by atoms with Crippen molar-refractivity contribution in [3.8, 4) is 0 Å². The molecule has 114 valence electrons. The Morgan fingerprint density at radius 3 is 2.81 bits per heavy atom. The number of nitrogens with zero attached hydrogens (tertiary/aromatic N) is 2. The minimum absolute atomic E-state index is 0.00375. The van der Waals surface area contributed by atoms with E-state index in [0.717, 1.165) is 12.1 Å². The number of β-amino-alcohol motifs (C(OH)–C–C–N with tert-alkyl or cyclic N) is 1. The molecule has 0 bridgehead atoms. The Kier molecular flexibility index (Phi) is 4.34. The smallest absolute Gasteiger partial charge is 0.271 e. The van der Waals surface area contributed by atoms with Crippen molar-refractivity contribution in [1.82, 2.24) is 4.90 Å². The fourth-order valence-electron chi connectivity index (χ4n) is 2.29. The number of halogens is 1. The van der Waals surface area contributed by atoms with Gasteiger partial charge in [-0.25, -0.2) is 0 Å². The number of likely N-dealkylation sites (tertiary alicyclic amines) is 1. The highest BCUT2D eigenvalue weighted by Crippen LogP contribution is 2.30. The van der Waals surface area contributed by atoms with Crippen molar-refractivity contribution in [3.63, 3.8) is 0 Å². The summed E-state index contributed by atoms with van der Waals surface area (Å²) >= 11 is 5.85. The number of nitro benzene ring substituents is 1. The number of nitrogen functional groups attached to an aromatic ring is 1. The van der Waals surface area contributed by atoms with Crippen LogP contribution in [-0.2, 0) is 0 Å². The van der Waals surface area contributed by atoms with Gasteiger partial charge in [0.2, 0.25) is 0 Å². The molecule has 2 unspecified atom stereocenters. The second kappa shape index (κ2) is 5.87. The van der Waals surface area contributed by atoms with E-state index in [1.165, 1.54) is 4.90 Å². The average Bonchev–Trinajstić information content (AvgIpc) is 2.43. The Bertz CT molecular complexity index is 593. The number of nitrogens with two attached hydrogens (primary N) is 1. The molecule has 1 saturated heterocycles. The lowest BCUT2D eigenvalue weighted by atomic mass is 9.95. The van der Waals surface area contributed by atoms with Crippen LogP contribution in [0.1, 0.15) is 23.7 Å². The summed E-state index contributed by atoms with van der Waals surface area (Å²) in [6.07, 6.45) is 0.0493. The molecule has 1 aromatic carbocycles. The monoisotopic (exact) mass is 313 g/mol. The van der Waals surface area contributed by atoms with E-state index in [1.54, 1.807) is 0 Å². The molecule has 0 radical (unpaired) electrons. The number of benzene rings is 1. The Balaban J connectivity index is 2.33. The van der Waals surface area contributed by atoms with Crippen LogP contribution in [0.4, 0.5) is 11.4 Å². The number of nitro groups is 1. The third-order valence-electron chi connectivity index (χ3n) is 3.76. The van der Waals surface area contributed by atoms with Crippen molar-refractivity contribution < 1.29 is 14.8 Å². The van der Waals surface area contributed by atoms with E-state index in [0.29, 0.717) is 13.0 Å². The van der Waals surface area contributed by atoms with Gasteiger partial charge in [-0.1, -0.05) is 18.5 Å². The zero-order chi connectivity index (χ0) is 15.7. The minimum Gasteiger partial charge on any atom is -0.397 e. The van der Waals surface area contributed by atoms with E-state index in [4.69, 9.17) is 17.3 Å². The third-order valence-corrected chi connectivity index (χ3v) is 4.07. The highest BCUT2D eigenvalue weighted by Gasteiger charge is 2.30. The van der Waals surface area contributed by atoms with Crippen molar-refractivity contribution in [2.75, 3.05) is 18.8 Å². The van der Waals surface area contributed by atoms with Gasteiger partial charge in [0.1, 0.15) is 0 Å². The first-order valence-corrected chi connectivity index (χ1v) is 6.89. The third kappa shape index (κ3) is 3.08. The number of anilines is 1. The van der Waals surface area contributed by atoms with Crippen LogP contribution >= 0.6 is 11.6 Å². The van der Waals surface area contributed by atoms with Gasteiger partial charge in [0.25, 0.3) is 11.6 Å². The molecule has 21 heavy (non-hydrogen) atoms. The van der Waals surface area contributed by atoms with Crippen molar-refractivity contribution in [2.45, 2.75) is 19.4 Å². The topological polar surface area (TPSA) is 110 Å². The van der Waals surface area contributed by atoms with Gasteiger partial charge in [0, 0.05) is 25.2 Å². The normalized spacial score (nSPS) is 22.1. The Morgan fingerprint density at radius 1 is 1.57 bits per heavy atom. The van der Waals surface area contributed by atoms with Crippen LogP contribution < -0.4 is 5.73 Å². The number of carbonyl (C=O) groups excluding carboxylic acids is 1. The number of rotatable bonds is 2. The van der Waals surface area contributed by atoms with Crippen molar-refractivity contribution >= 4 is 28.9 Å². The van der Waals surface area contributed by atoms with Crippen LogP contribution in [0.25, 0.3) is 0 Å². The molecule has 3 N–H and O–H groups in total. The van der Waals surface area contributed by atoms with Crippen LogP contribution in [0.15, 0.2) is 12.1 Å². The number of carbonyl (C=O) groups is 1. The quantitative estimate of drug-likeness (QED) is 0.490. The van der Waals surface area contributed by atoms with Gasteiger partial charge in [-0.3, -0.25) is 14.9 Å². The van der Waals surface area contributed by atoms with E-state index >= 15 is 0 Å². The Morgan fingerprint density at radius 2 is 2.24 bits per heavy atom. The fourth-order valence-corrected chi connectivity index (χ4v) is 2.50. The Labute approximate surface area is 126 Å². The van der Waals surface area contributed by atoms with E-state index in [-0.39, 0.29) is 34.4 Å². The van der Waals surface area contributed by atoms with Gasteiger partial charge < -0.3 is 15.7 Å². The van der Waals surface area contributed by atoms with Gasteiger partial charge in [0.05, 0.1) is 27.3 Å². The number of hydrogen-bond acceptors (Lipinski definition) is 5. The molecule has 1 heterocycles. The second-order valence-corrected chi connectivity index (χ2v) is 5.64. The van der Waals surface area contributed by atoms with Gasteiger partial charge in [-0.05, 0) is 12.3 Å². The number of amides is 1. The zero-order valence-corrected chi connectivity index (χ0v) is 12.2. The first-order valence-electron chi connectivity index (χ1n) is 6.52. The molecule has 0 spiro atoms. The first-order chi connectivity index (χ1) is 9.81. The molecule has 0 saturated carbocycles. The SMILES string of the molecule is CC1CCN(C(=O)c2cc([N+](=O)[O-])cc(Cl)c2N)CC1O. The molecule has 8 heteroatoms. The first kappa shape index (κ1) is 15.5. The molecule has 1 fully saturated rings. The molecule has 7 nitrogen and oxygen atoms in total. The van der Waals surface area contributed by atoms with E-state index in [1.807, 2.05) is 6.92 Å². The maximum absolute atomic E-state index is 12.5. The number of hydrogen-bond donors (Lipinski definition) is 2. The summed E-state index contributed by atoms with van der Waals surface area (Å²) in [6, 6.07) is 2.23. The van der Waals surface area contributed by atoms with Gasteiger partial charge in [-0.2, -0.15) is 0 Å². The van der Waals surface area contributed by atoms with Gasteiger partial charge in [-0.15, -0.1) is 0 Å². The van der Waals surface area contributed by atoms with Gasteiger partial charge >= 0.3 is 0 Å². The summed E-state index contributed by atoms with van der Waals surface area (Å²) in [6.45, 7) is 2.56. The van der Waals surface area contributed by atoms with Crippen molar-refractivity contribution in [3.05, 3.63) is 32.8 Å². The number of piperidine rings is 1. The summed E-state index contributed by atoms with van der Waals surface area (Å²) in [5.74, 6) is -0.343. The lowest BCUT2D eigenvalue weighted by Gasteiger charge is -2.34. The molecular formula is C13H16ClN3O4. The predicted molar refractivity (Wildman–Crippen MR) is 78.2 cm³/mol. The van der Waals surface area contributed by atoms with E-state index in [2.05, 4.69) is 0 Å². The molecule has 1 aliphatic rings. The summed E-state index contributed by atoms with van der Waals surface area (Å²) in [7, 11) is 0. The fraction of sp³-hybridized carbons (Fsp3) is 0.462. The average molecular weight is 314 g/mol. The molecule has 2 rings (SSSR count). The van der Waals surface area contributed by atoms with Crippen LogP contribution in [0.2, 0.25) is 5.02 Å². The van der Waals surface area contributed by atoms with Crippen LogP contribution in [0.5, 0.6) is 0 Å². The highest BCUT2D eigenvalue weighted by molar-refractivity contribution is 6.34. The lowest BCUT2D eigenvalue weighted by Crippen LogP contribution is -2.46. The maximum atomic E-state index is 12.5. The molecule has 1 aliphatic heterocycles. The maximum Gasteiger partial charge on any atom is 0.271 e. The molecule has 2 atom stereocenters. The molecule has 0 aromatic heterocycles. The Hall–Kier alpha value is -1.86. The second-order valence-electron chi connectivity index (χ2n) is 5.23. The van der Waals surface area contributed by atoms with E-state index < -0.39 is 16.9 Å². The number of aliphatic hydroxyl groups is 1. The molecular weight excluding hydrogens is 298 g/mol. The number of aliphatic hydroxyl groups excluding tert-OH is 1. The van der Waals surface area contributed by atoms with Crippen LogP contribution in [0, 0.1) is 16.0 Å². The summed E-state index contributed by atoms with van der Waals surface area (Å²) < 4.78 is 0. The standard InChI is InChI=1S/C13H16ClN3O4/c1-7-2-3-16(6-11(7)18)13(19)9-4-8(17(20)21)5-10(14)12(9)15/h4-5,7,11,18H,2-3,6,15H2,1H3. The number of non-ortho nitro benzene ring substituents is 1. The van der Waals surface area contributed by atoms with Crippen molar-refractivity contribution in [1.29, 1.82) is 0 Å². The largest absolute Gasteiger partial charge is 0.397 e. The van der Waals surface area contributed by atoms with Gasteiger partial charge in [0.15, 0.2) is 0 Å². The zero-order valence-electron chi connectivity index (χ0n) is 11.5. The van der Waals surface area contributed by atoms with Crippen LogP contribution in [-0.4, -0.2) is 40.0 Å². The van der Waals surface area contributed by atoms with E-state index in [9.17, 15) is 20.0 Å². The molecule has 1 aromatic rings. The molecule has 1 amide bonds. The highest BCUT2D eigenvalue weighted by atomic mass is 35.5. The summed E-state index contributed by atoms with van der Waals surface area (Å²) in [5.41, 5.74) is 5.48. The predicted octanol–water partition coefficient (Wildman–Crippen LogP) is 1.67. The summed E-state index contributed by atoms with van der Waals surface area (Å²) in [5, 5.41) is 20.7. The lowest BCUT2D eigenvalue weighted by molar-refractivity contribution is -0.384. The van der Waals surface area contributed by atoms with Crippen LogP contribution in [0.3, 0.4) is 0 Å².